The number of ether oxygens (including phenoxy) is 1. The molecule has 0 radical (unpaired) electrons. The highest BCUT2D eigenvalue weighted by molar-refractivity contribution is 5.85. The number of urea groups is 1. The lowest BCUT2D eigenvalue weighted by molar-refractivity contribution is -0.137. The minimum Gasteiger partial charge on any atom is -0.378 e. The Balaban J connectivity index is 0.00000306. The number of alkyl halides is 3. The van der Waals surface area contributed by atoms with Crippen molar-refractivity contribution in [1.82, 2.24) is 20.0 Å². The Morgan fingerprint density at radius 1 is 1.15 bits per heavy atom. The summed E-state index contributed by atoms with van der Waals surface area (Å²) < 4.78 is 44.3. The summed E-state index contributed by atoms with van der Waals surface area (Å²) in [6.07, 6.45) is -3.70. The van der Waals surface area contributed by atoms with E-state index in [9.17, 15) is 18.0 Å². The molecule has 3 heterocycles. The van der Waals surface area contributed by atoms with Gasteiger partial charge in [0, 0.05) is 44.1 Å². The number of nitrogens with two attached hydrogens (primary N) is 1. The summed E-state index contributed by atoms with van der Waals surface area (Å²) in [5, 5.41) is 7.37. The topological polar surface area (TPSA) is 87.5 Å². The van der Waals surface area contributed by atoms with Gasteiger partial charge in [-0.05, 0) is 37.1 Å². The number of benzene rings is 1. The number of amides is 2. The predicted molar refractivity (Wildman–Crippen MR) is 119 cm³/mol. The Kier molecular flexibility index (Phi) is 7.92. The van der Waals surface area contributed by atoms with Gasteiger partial charge in [0.1, 0.15) is 0 Å². The third-order valence-corrected chi connectivity index (χ3v) is 6.24. The highest BCUT2D eigenvalue weighted by atomic mass is 35.5. The van der Waals surface area contributed by atoms with Crippen LogP contribution in [0.1, 0.15) is 53.7 Å². The van der Waals surface area contributed by atoms with E-state index in [4.69, 9.17) is 10.5 Å². The van der Waals surface area contributed by atoms with Crippen molar-refractivity contribution in [3.05, 3.63) is 52.8 Å². The first kappa shape index (κ1) is 25.3. The largest absolute Gasteiger partial charge is 0.416 e. The maximum atomic E-state index is 13.2. The van der Waals surface area contributed by atoms with Crippen molar-refractivity contribution in [2.75, 3.05) is 39.4 Å². The normalized spacial score (nSPS) is 22.6. The molecule has 1 aromatic heterocycles. The third-order valence-electron chi connectivity index (χ3n) is 6.24. The summed E-state index contributed by atoms with van der Waals surface area (Å²) in [4.78, 5) is 16.8. The van der Waals surface area contributed by atoms with E-state index in [0.717, 1.165) is 29.1 Å². The molecule has 0 aliphatic carbocycles. The molecular formula is C22H29ClF3N5O2. The van der Waals surface area contributed by atoms with E-state index in [2.05, 4.69) is 10.2 Å². The molecule has 33 heavy (non-hydrogen) atoms. The number of rotatable bonds is 3. The van der Waals surface area contributed by atoms with Crippen molar-refractivity contribution in [1.29, 1.82) is 0 Å². The number of carbonyl (C=O) groups is 1. The smallest absolute Gasteiger partial charge is 0.378 e. The van der Waals surface area contributed by atoms with E-state index in [0.29, 0.717) is 45.8 Å². The minimum absolute atomic E-state index is 0. The van der Waals surface area contributed by atoms with Crippen LogP contribution in [0.5, 0.6) is 0 Å². The van der Waals surface area contributed by atoms with E-state index in [1.54, 1.807) is 9.80 Å². The zero-order chi connectivity index (χ0) is 22.9. The monoisotopic (exact) mass is 487 g/mol. The van der Waals surface area contributed by atoms with Crippen molar-refractivity contribution in [3.8, 4) is 0 Å². The average Bonchev–Trinajstić information content (AvgIpc) is 3.29. The first-order valence-electron chi connectivity index (χ1n) is 10.8. The van der Waals surface area contributed by atoms with E-state index < -0.39 is 11.7 Å². The lowest BCUT2D eigenvalue weighted by atomic mass is 9.82. The van der Waals surface area contributed by atoms with Gasteiger partial charge in [0.25, 0.3) is 0 Å². The van der Waals surface area contributed by atoms with Gasteiger partial charge in [-0.1, -0.05) is 12.1 Å². The van der Waals surface area contributed by atoms with Crippen LogP contribution < -0.4 is 5.73 Å². The summed E-state index contributed by atoms with van der Waals surface area (Å²) in [5.74, 6) is -0.152. The molecule has 11 heteroatoms. The molecule has 2 fully saturated rings. The number of H-pyrrole nitrogens is 1. The summed E-state index contributed by atoms with van der Waals surface area (Å²) >= 11 is 0. The van der Waals surface area contributed by atoms with Crippen molar-refractivity contribution in [2.24, 2.45) is 5.73 Å². The number of piperidine rings is 1. The second-order valence-corrected chi connectivity index (χ2v) is 8.57. The van der Waals surface area contributed by atoms with Crippen molar-refractivity contribution in [2.45, 2.75) is 37.4 Å². The highest BCUT2D eigenvalue weighted by Gasteiger charge is 2.36. The standard InChI is InChI=1S/C22H28F3N5O2.ClH/c1-14(26)19-11-20(28-27-19)17-10-16(15-2-4-18(5-3-15)22(23,24)25)12-30(13-17)21(31)29-6-8-32-9-7-29;/h2-5,11,14,16-17H,6-10,12-13,26H2,1H3,(H,27,28);1H/t14-,16?,17?;/m0./s1. The van der Waals surface area contributed by atoms with Gasteiger partial charge in [-0.25, -0.2) is 4.79 Å². The van der Waals surface area contributed by atoms with Crippen LogP contribution in [0.3, 0.4) is 0 Å². The van der Waals surface area contributed by atoms with Crippen LogP contribution in [0.2, 0.25) is 0 Å². The Bertz CT molecular complexity index is 929. The minimum atomic E-state index is -4.38. The molecule has 0 spiro atoms. The van der Waals surface area contributed by atoms with Crippen LogP contribution in [0, 0.1) is 0 Å². The summed E-state index contributed by atoms with van der Waals surface area (Å²) in [5.41, 5.74) is 7.68. The van der Waals surface area contributed by atoms with Gasteiger partial charge in [0.2, 0.25) is 0 Å². The SMILES string of the molecule is C[C@H](N)c1cc(C2CC(c3ccc(C(F)(F)F)cc3)CN(C(=O)N3CCOCC3)C2)n[nH]1.Cl. The fraction of sp³-hybridized carbons (Fsp3) is 0.545. The molecule has 2 aliphatic heterocycles. The molecule has 1 aromatic carbocycles. The van der Waals surface area contributed by atoms with Crippen LogP contribution in [-0.4, -0.2) is 65.4 Å². The molecule has 4 rings (SSSR count). The third kappa shape index (κ3) is 5.80. The molecule has 2 unspecified atom stereocenters. The van der Waals surface area contributed by atoms with Crippen LogP contribution in [0.15, 0.2) is 30.3 Å². The number of hydrogen-bond acceptors (Lipinski definition) is 4. The number of morpholine rings is 1. The number of aromatic amines is 1. The number of halogens is 4. The molecule has 0 saturated carbocycles. The van der Waals surface area contributed by atoms with Crippen LogP contribution in [-0.2, 0) is 10.9 Å². The van der Waals surface area contributed by atoms with Crippen molar-refractivity contribution >= 4 is 18.4 Å². The Hall–Kier alpha value is -2.30. The van der Waals surface area contributed by atoms with E-state index in [1.165, 1.54) is 12.1 Å². The van der Waals surface area contributed by atoms with Gasteiger partial charge < -0.3 is 20.3 Å². The first-order valence-corrected chi connectivity index (χ1v) is 10.8. The summed E-state index contributed by atoms with van der Waals surface area (Å²) in [6.45, 7) is 4.87. The number of carbonyl (C=O) groups excluding carboxylic acids is 1. The predicted octanol–water partition coefficient (Wildman–Crippen LogP) is 3.90. The Labute approximate surface area is 196 Å². The molecule has 3 N–H and O–H groups in total. The van der Waals surface area contributed by atoms with Gasteiger partial charge in [-0.15, -0.1) is 12.4 Å². The zero-order valence-corrected chi connectivity index (χ0v) is 19.2. The van der Waals surface area contributed by atoms with E-state index in [-0.39, 0.29) is 36.3 Å². The van der Waals surface area contributed by atoms with Crippen molar-refractivity contribution in [3.63, 3.8) is 0 Å². The van der Waals surface area contributed by atoms with E-state index >= 15 is 0 Å². The summed E-state index contributed by atoms with van der Waals surface area (Å²) in [7, 11) is 0. The molecule has 2 amide bonds. The lowest BCUT2D eigenvalue weighted by Crippen LogP contribution is -2.52. The second kappa shape index (κ2) is 10.3. The van der Waals surface area contributed by atoms with Gasteiger partial charge in [-0.3, -0.25) is 5.10 Å². The molecule has 2 saturated heterocycles. The molecule has 182 valence electrons. The molecule has 3 atom stereocenters. The van der Waals surface area contributed by atoms with Gasteiger partial charge in [0.15, 0.2) is 0 Å². The lowest BCUT2D eigenvalue weighted by Gasteiger charge is -2.40. The quantitative estimate of drug-likeness (QED) is 0.687. The van der Waals surface area contributed by atoms with Gasteiger partial charge >= 0.3 is 12.2 Å². The van der Waals surface area contributed by atoms with Crippen LogP contribution in [0.4, 0.5) is 18.0 Å². The summed E-state index contributed by atoms with van der Waals surface area (Å²) in [6, 6.07) is 6.90. The number of nitrogens with zero attached hydrogens (tertiary/aromatic N) is 3. The fourth-order valence-electron chi connectivity index (χ4n) is 4.41. The van der Waals surface area contributed by atoms with Gasteiger partial charge in [-0.2, -0.15) is 18.3 Å². The molecule has 7 nitrogen and oxygen atoms in total. The number of hydrogen-bond donors (Lipinski definition) is 2. The average molecular weight is 488 g/mol. The zero-order valence-electron chi connectivity index (χ0n) is 18.3. The Morgan fingerprint density at radius 2 is 1.79 bits per heavy atom. The molecule has 0 bridgehead atoms. The number of likely N-dealkylation sites (tertiary alicyclic amines) is 1. The van der Waals surface area contributed by atoms with Crippen molar-refractivity contribution < 1.29 is 22.7 Å². The maximum Gasteiger partial charge on any atom is 0.416 e. The molecule has 2 aliphatic rings. The molecular weight excluding hydrogens is 459 g/mol. The van der Waals surface area contributed by atoms with Crippen LogP contribution >= 0.6 is 12.4 Å². The van der Waals surface area contributed by atoms with E-state index in [1.807, 2.05) is 13.0 Å². The molecule has 2 aromatic rings. The second-order valence-electron chi connectivity index (χ2n) is 8.57. The first-order chi connectivity index (χ1) is 15.2. The van der Waals surface area contributed by atoms with Gasteiger partial charge in [0.05, 0.1) is 30.2 Å². The maximum absolute atomic E-state index is 13.2. The number of nitrogens with one attached hydrogen (secondary N) is 1. The van der Waals surface area contributed by atoms with Crippen LogP contribution in [0.25, 0.3) is 0 Å². The Morgan fingerprint density at radius 3 is 2.36 bits per heavy atom. The highest BCUT2D eigenvalue weighted by Crippen LogP contribution is 2.37. The number of aromatic nitrogens is 2. The fourth-order valence-corrected chi connectivity index (χ4v) is 4.41.